The first kappa shape index (κ1) is 20.2. The van der Waals surface area contributed by atoms with Crippen LogP contribution in [-0.2, 0) is 9.59 Å². The number of hydrogen-bond donors (Lipinski definition) is 2. The lowest BCUT2D eigenvalue weighted by Crippen LogP contribution is -2.47. The first-order chi connectivity index (χ1) is 11.7. The number of amides is 2. The first-order valence-electron chi connectivity index (χ1n) is 7.42. The van der Waals surface area contributed by atoms with Crippen molar-refractivity contribution in [3.63, 3.8) is 0 Å². The lowest BCUT2D eigenvalue weighted by Gasteiger charge is -2.27. The molecule has 2 amide bonds. The van der Waals surface area contributed by atoms with Crippen molar-refractivity contribution in [3.05, 3.63) is 23.5 Å². The minimum Gasteiger partial charge on any atom is -0.493 e. The highest BCUT2D eigenvalue weighted by Gasteiger charge is 2.29. The van der Waals surface area contributed by atoms with Crippen LogP contribution in [0, 0.1) is 5.82 Å². The second kappa shape index (κ2) is 8.86. The van der Waals surface area contributed by atoms with Crippen LogP contribution in [0.3, 0.4) is 0 Å². The molecule has 0 heterocycles. The zero-order chi connectivity index (χ0) is 19.1. The summed E-state index contributed by atoms with van der Waals surface area (Å²) in [4.78, 5) is 35.8. The molecule has 0 aliphatic carbocycles. The highest BCUT2D eigenvalue weighted by molar-refractivity contribution is 5.97. The minimum atomic E-state index is -1.25. The van der Waals surface area contributed by atoms with Crippen LogP contribution in [0.1, 0.15) is 24.2 Å². The van der Waals surface area contributed by atoms with E-state index in [1.807, 2.05) is 0 Å². The molecule has 1 unspecified atom stereocenters. The summed E-state index contributed by atoms with van der Waals surface area (Å²) >= 11 is 0. The van der Waals surface area contributed by atoms with Gasteiger partial charge in [0.25, 0.3) is 5.91 Å². The van der Waals surface area contributed by atoms with E-state index in [0.29, 0.717) is 0 Å². The van der Waals surface area contributed by atoms with Crippen molar-refractivity contribution in [3.8, 4) is 11.5 Å². The zero-order valence-electron chi connectivity index (χ0n) is 14.5. The number of hydrogen-bond acceptors (Lipinski definition) is 5. The molecule has 0 aliphatic rings. The van der Waals surface area contributed by atoms with Crippen LogP contribution in [0.25, 0.3) is 0 Å². The maximum atomic E-state index is 14.3. The molecule has 1 aromatic rings. The Bertz CT molecular complexity index is 664. The van der Waals surface area contributed by atoms with Crippen LogP contribution in [-0.4, -0.2) is 61.1 Å². The number of nitrogens with one attached hydrogen (secondary N) is 1. The van der Waals surface area contributed by atoms with Gasteiger partial charge in [-0.25, -0.2) is 9.18 Å². The van der Waals surface area contributed by atoms with Crippen LogP contribution in [0.4, 0.5) is 4.39 Å². The van der Waals surface area contributed by atoms with Gasteiger partial charge in [-0.15, -0.1) is 0 Å². The second-order valence-electron chi connectivity index (χ2n) is 5.18. The van der Waals surface area contributed by atoms with Crippen molar-refractivity contribution >= 4 is 17.8 Å². The molecule has 0 radical (unpaired) electrons. The molecule has 0 aromatic heterocycles. The van der Waals surface area contributed by atoms with Gasteiger partial charge in [-0.1, -0.05) is 0 Å². The average molecular weight is 356 g/mol. The Labute approximate surface area is 144 Å². The number of ether oxygens (including phenoxy) is 2. The van der Waals surface area contributed by atoms with Crippen LogP contribution in [0.15, 0.2) is 12.1 Å². The fourth-order valence-corrected chi connectivity index (χ4v) is 2.13. The van der Waals surface area contributed by atoms with Crippen molar-refractivity contribution in [2.24, 2.45) is 0 Å². The van der Waals surface area contributed by atoms with Crippen LogP contribution in [0.2, 0.25) is 0 Å². The van der Waals surface area contributed by atoms with Gasteiger partial charge in [0.2, 0.25) is 5.91 Å². The molecule has 1 atom stereocenters. The topological polar surface area (TPSA) is 105 Å². The maximum Gasteiger partial charge on any atom is 0.326 e. The van der Waals surface area contributed by atoms with Gasteiger partial charge in [0, 0.05) is 26.1 Å². The Kier molecular flexibility index (Phi) is 7.16. The summed E-state index contributed by atoms with van der Waals surface area (Å²) in [6.07, 6.45) is 0. The van der Waals surface area contributed by atoms with Gasteiger partial charge < -0.3 is 24.8 Å². The third-order valence-corrected chi connectivity index (χ3v) is 3.52. The zero-order valence-corrected chi connectivity index (χ0v) is 14.5. The summed E-state index contributed by atoms with van der Waals surface area (Å²) in [5, 5.41) is 11.7. The molecule has 1 rings (SSSR count). The minimum absolute atomic E-state index is 0.0353. The Hall–Kier alpha value is -2.84. The standard InChI is InChI=1S/C16H21FN2O6/c1-9(16(22)23)19(6-5-18-10(2)20)15(21)11-7-13(24-3)14(25-4)8-12(11)17/h7-9H,5-6H2,1-4H3,(H,18,20)(H,22,23). The molecule has 1 aromatic carbocycles. The maximum absolute atomic E-state index is 14.3. The molecule has 8 nitrogen and oxygen atoms in total. The van der Waals surface area contributed by atoms with Gasteiger partial charge in [-0.3, -0.25) is 9.59 Å². The van der Waals surface area contributed by atoms with Gasteiger partial charge in [-0.05, 0) is 13.0 Å². The summed E-state index contributed by atoms with van der Waals surface area (Å²) in [7, 11) is 2.66. The molecule has 0 spiro atoms. The molecular formula is C16H21FN2O6. The number of rotatable bonds is 8. The quantitative estimate of drug-likeness (QED) is 0.717. The number of halogens is 1. The third kappa shape index (κ3) is 5.07. The van der Waals surface area contributed by atoms with E-state index >= 15 is 0 Å². The number of carboxylic acid groups (broad SMARTS) is 1. The Balaban J connectivity index is 3.19. The van der Waals surface area contributed by atoms with Crippen LogP contribution < -0.4 is 14.8 Å². The highest BCUT2D eigenvalue weighted by Crippen LogP contribution is 2.30. The fraction of sp³-hybridized carbons (Fsp3) is 0.438. The predicted molar refractivity (Wildman–Crippen MR) is 86.3 cm³/mol. The molecule has 0 aliphatic heterocycles. The number of carbonyl (C=O) groups is 3. The number of benzene rings is 1. The molecule has 9 heteroatoms. The number of carboxylic acids is 1. The molecule has 2 N–H and O–H groups in total. The van der Waals surface area contributed by atoms with Crippen molar-refractivity contribution in [2.75, 3.05) is 27.3 Å². The van der Waals surface area contributed by atoms with E-state index in [-0.39, 0.29) is 36.1 Å². The lowest BCUT2D eigenvalue weighted by atomic mass is 10.1. The fourth-order valence-electron chi connectivity index (χ4n) is 2.13. The van der Waals surface area contributed by atoms with E-state index in [9.17, 15) is 23.9 Å². The van der Waals surface area contributed by atoms with Crippen molar-refractivity contribution in [1.82, 2.24) is 10.2 Å². The predicted octanol–water partition coefficient (Wildman–Crippen LogP) is 0.894. The average Bonchev–Trinajstić information content (AvgIpc) is 2.56. The van der Waals surface area contributed by atoms with Crippen molar-refractivity contribution in [1.29, 1.82) is 0 Å². The van der Waals surface area contributed by atoms with Gasteiger partial charge >= 0.3 is 5.97 Å². The van der Waals surface area contributed by atoms with Crippen molar-refractivity contribution in [2.45, 2.75) is 19.9 Å². The number of carbonyl (C=O) groups excluding carboxylic acids is 2. The summed E-state index contributed by atoms with van der Waals surface area (Å²) in [5.41, 5.74) is -0.353. The molecule has 0 bridgehead atoms. The smallest absolute Gasteiger partial charge is 0.326 e. The first-order valence-corrected chi connectivity index (χ1v) is 7.42. The van der Waals surface area contributed by atoms with Gasteiger partial charge in [-0.2, -0.15) is 0 Å². The molecule has 25 heavy (non-hydrogen) atoms. The Morgan fingerprint density at radius 3 is 2.28 bits per heavy atom. The SMILES string of the molecule is COc1cc(F)c(C(=O)N(CCNC(C)=O)C(C)C(=O)O)cc1OC. The highest BCUT2D eigenvalue weighted by atomic mass is 19.1. The summed E-state index contributed by atoms with van der Waals surface area (Å²) in [6, 6.07) is 0.925. The van der Waals surface area contributed by atoms with Crippen molar-refractivity contribution < 1.29 is 33.4 Å². The van der Waals surface area contributed by atoms with Crippen LogP contribution >= 0.6 is 0 Å². The lowest BCUT2D eigenvalue weighted by molar-refractivity contribution is -0.141. The second-order valence-corrected chi connectivity index (χ2v) is 5.18. The van der Waals surface area contributed by atoms with E-state index in [0.717, 1.165) is 17.0 Å². The molecule has 138 valence electrons. The monoisotopic (exact) mass is 356 g/mol. The largest absolute Gasteiger partial charge is 0.493 e. The van der Waals surface area contributed by atoms with Gasteiger partial charge in [0.05, 0.1) is 19.8 Å². The summed E-state index contributed by atoms with van der Waals surface area (Å²) in [5.74, 6) is -3.04. The Morgan fingerprint density at radius 2 is 1.80 bits per heavy atom. The van der Waals surface area contributed by atoms with E-state index in [1.54, 1.807) is 0 Å². The summed E-state index contributed by atoms with van der Waals surface area (Å²) in [6.45, 7) is 2.53. The number of methoxy groups -OCH3 is 2. The molecule has 0 fully saturated rings. The molecule has 0 saturated carbocycles. The molecular weight excluding hydrogens is 335 g/mol. The van der Waals surface area contributed by atoms with Gasteiger partial charge in [0.15, 0.2) is 11.5 Å². The molecule has 0 saturated heterocycles. The van der Waals surface area contributed by atoms with E-state index in [4.69, 9.17) is 9.47 Å². The normalized spacial score (nSPS) is 11.4. The number of nitrogens with zero attached hydrogens (tertiary/aromatic N) is 1. The van der Waals surface area contributed by atoms with E-state index < -0.39 is 23.7 Å². The van der Waals surface area contributed by atoms with Crippen LogP contribution in [0.5, 0.6) is 11.5 Å². The Morgan fingerprint density at radius 1 is 1.24 bits per heavy atom. The van der Waals surface area contributed by atoms with Gasteiger partial charge in [0.1, 0.15) is 11.9 Å². The summed E-state index contributed by atoms with van der Waals surface area (Å²) < 4.78 is 24.3. The van der Waals surface area contributed by atoms with E-state index in [2.05, 4.69) is 5.32 Å². The van der Waals surface area contributed by atoms with E-state index in [1.165, 1.54) is 28.1 Å². The third-order valence-electron chi connectivity index (χ3n) is 3.52. The number of aliphatic carboxylic acids is 1.